The van der Waals surface area contributed by atoms with Gasteiger partial charge in [-0.1, -0.05) is 6.92 Å². The third-order valence-corrected chi connectivity index (χ3v) is 2.88. The van der Waals surface area contributed by atoms with Crippen LogP contribution in [0.1, 0.15) is 28.4 Å². The number of carbonyl (C=O) groups is 1. The number of benzene rings is 1. The molecule has 1 heterocycles. The highest BCUT2D eigenvalue weighted by Crippen LogP contribution is 2.17. The van der Waals surface area contributed by atoms with Crippen molar-refractivity contribution < 1.29 is 9.53 Å². The Balaban J connectivity index is 2.35. The van der Waals surface area contributed by atoms with Gasteiger partial charge in [0.05, 0.1) is 7.11 Å². The smallest absolute Gasteiger partial charge is 0.193 e. The van der Waals surface area contributed by atoms with Gasteiger partial charge in [-0.05, 0) is 42.3 Å². The molecule has 0 aliphatic carbocycles. The van der Waals surface area contributed by atoms with Crippen LogP contribution >= 0.6 is 0 Å². The van der Waals surface area contributed by atoms with Gasteiger partial charge in [0, 0.05) is 23.5 Å². The first-order valence-electron chi connectivity index (χ1n) is 5.88. The molecule has 0 aliphatic rings. The molecule has 2 rings (SSSR count). The summed E-state index contributed by atoms with van der Waals surface area (Å²) in [5.41, 5.74) is 2.35. The Morgan fingerprint density at radius 1 is 1.22 bits per heavy atom. The quantitative estimate of drug-likeness (QED) is 0.773. The first-order valence-corrected chi connectivity index (χ1v) is 5.88. The van der Waals surface area contributed by atoms with Gasteiger partial charge in [-0.25, -0.2) is 0 Å². The van der Waals surface area contributed by atoms with Crippen molar-refractivity contribution in [2.45, 2.75) is 13.3 Å². The Hall–Kier alpha value is -2.16. The molecule has 0 saturated heterocycles. The Morgan fingerprint density at radius 2 is 1.94 bits per heavy atom. The minimum absolute atomic E-state index is 0.0249. The van der Waals surface area contributed by atoms with E-state index in [4.69, 9.17) is 4.74 Å². The van der Waals surface area contributed by atoms with E-state index in [1.54, 1.807) is 49.8 Å². The Morgan fingerprint density at radius 3 is 2.56 bits per heavy atom. The number of aromatic nitrogens is 1. The van der Waals surface area contributed by atoms with Crippen molar-refractivity contribution in [3.05, 3.63) is 59.4 Å². The van der Waals surface area contributed by atoms with Gasteiger partial charge in [0.2, 0.25) is 0 Å². The maximum atomic E-state index is 12.4. The zero-order chi connectivity index (χ0) is 13.0. The standard InChI is InChI=1S/C15H15NO2/c1-3-11-10-16-9-8-14(11)15(17)12-4-6-13(18-2)7-5-12/h4-10H,3H2,1-2H3. The maximum Gasteiger partial charge on any atom is 0.193 e. The molecule has 3 nitrogen and oxygen atoms in total. The topological polar surface area (TPSA) is 39.2 Å². The van der Waals surface area contributed by atoms with Gasteiger partial charge in [-0.2, -0.15) is 0 Å². The number of ketones is 1. The van der Waals surface area contributed by atoms with Crippen molar-refractivity contribution in [3.63, 3.8) is 0 Å². The summed E-state index contributed by atoms with van der Waals surface area (Å²) >= 11 is 0. The molecule has 0 N–H and O–H groups in total. The van der Waals surface area contributed by atoms with E-state index in [1.165, 1.54) is 0 Å². The van der Waals surface area contributed by atoms with Gasteiger partial charge < -0.3 is 4.74 Å². The summed E-state index contributed by atoms with van der Waals surface area (Å²) in [7, 11) is 1.61. The summed E-state index contributed by atoms with van der Waals surface area (Å²) in [5, 5.41) is 0. The number of carbonyl (C=O) groups excluding carboxylic acids is 1. The van der Waals surface area contributed by atoms with E-state index in [-0.39, 0.29) is 5.78 Å². The van der Waals surface area contributed by atoms with Crippen LogP contribution in [0.3, 0.4) is 0 Å². The predicted molar refractivity (Wildman–Crippen MR) is 70.0 cm³/mol. The third kappa shape index (κ3) is 2.40. The lowest BCUT2D eigenvalue weighted by Gasteiger charge is -2.06. The van der Waals surface area contributed by atoms with E-state index in [9.17, 15) is 4.79 Å². The number of hydrogen-bond donors (Lipinski definition) is 0. The van der Waals surface area contributed by atoms with Gasteiger partial charge >= 0.3 is 0 Å². The average molecular weight is 241 g/mol. The molecule has 0 fully saturated rings. The van der Waals surface area contributed by atoms with Crippen molar-refractivity contribution in [1.82, 2.24) is 4.98 Å². The van der Waals surface area contributed by atoms with E-state index >= 15 is 0 Å². The molecule has 1 aromatic carbocycles. The molecular formula is C15H15NO2. The number of nitrogens with zero attached hydrogens (tertiary/aromatic N) is 1. The fourth-order valence-corrected chi connectivity index (χ4v) is 1.83. The summed E-state index contributed by atoms with van der Waals surface area (Å²) in [4.78, 5) is 16.4. The van der Waals surface area contributed by atoms with Crippen LogP contribution in [0.15, 0.2) is 42.7 Å². The van der Waals surface area contributed by atoms with Crippen molar-refractivity contribution in [2.75, 3.05) is 7.11 Å². The molecule has 0 unspecified atom stereocenters. The zero-order valence-corrected chi connectivity index (χ0v) is 10.5. The third-order valence-electron chi connectivity index (χ3n) is 2.88. The molecule has 2 aromatic rings. The molecular weight excluding hydrogens is 226 g/mol. The maximum absolute atomic E-state index is 12.4. The van der Waals surface area contributed by atoms with Crippen LogP contribution in [-0.4, -0.2) is 17.9 Å². The van der Waals surface area contributed by atoms with E-state index in [2.05, 4.69) is 4.98 Å². The lowest BCUT2D eigenvalue weighted by molar-refractivity contribution is 0.103. The predicted octanol–water partition coefficient (Wildman–Crippen LogP) is 2.88. The molecule has 92 valence electrons. The van der Waals surface area contributed by atoms with E-state index in [0.29, 0.717) is 5.56 Å². The molecule has 0 bridgehead atoms. The SMILES string of the molecule is CCc1cnccc1C(=O)c1ccc(OC)cc1. The van der Waals surface area contributed by atoms with E-state index < -0.39 is 0 Å². The second-order valence-corrected chi connectivity index (χ2v) is 3.94. The summed E-state index contributed by atoms with van der Waals surface area (Å²) in [6.45, 7) is 2.02. The molecule has 0 radical (unpaired) electrons. The molecule has 0 aliphatic heterocycles. The number of methoxy groups -OCH3 is 1. The van der Waals surface area contributed by atoms with Crippen LogP contribution in [0.5, 0.6) is 5.75 Å². The first kappa shape index (κ1) is 12.3. The number of ether oxygens (including phenoxy) is 1. The van der Waals surface area contributed by atoms with Crippen LogP contribution in [0.4, 0.5) is 0 Å². The first-order chi connectivity index (χ1) is 8.76. The average Bonchev–Trinajstić information content (AvgIpc) is 2.46. The minimum atomic E-state index is 0.0249. The normalized spacial score (nSPS) is 10.1. The molecule has 0 spiro atoms. The van der Waals surface area contributed by atoms with Gasteiger partial charge in [-0.3, -0.25) is 9.78 Å². The van der Waals surface area contributed by atoms with Crippen LogP contribution in [-0.2, 0) is 6.42 Å². The lowest BCUT2D eigenvalue weighted by Crippen LogP contribution is -2.05. The molecule has 0 saturated carbocycles. The second-order valence-electron chi connectivity index (χ2n) is 3.94. The molecule has 0 amide bonds. The van der Waals surface area contributed by atoms with Gasteiger partial charge in [-0.15, -0.1) is 0 Å². The molecule has 3 heteroatoms. The van der Waals surface area contributed by atoms with Crippen molar-refractivity contribution in [1.29, 1.82) is 0 Å². The highest BCUT2D eigenvalue weighted by atomic mass is 16.5. The number of hydrogen-bond acceptors (Lipinski definition) is 3. The van der Waals surface area contributed by atoms with Crippen molar-refractivity contribution in [2.24, 2.45) is 0 Å². The summed E-state index contributed by atoms with van der Waals surface area (Å²) in [6, 6.07) is 8.91. The highest BCUT2D eigenvalue weighted by Gasteiger charge is 2.12. The summed E-state index contributed by atoms with van der Waals surface area (Å²) in [6.07, 6.45) is 4.19. The van der Waals surface area contributed by atoms with Crippen LogP contribution in [0, 0.1) is 0 Å². The zero-order valence-electron chi connectivity index (χ0n) is 10.5. The van der Waals surface area contributed by atoms with E-state index in [1.807, 2.05) is 6.92 Å². The van der Waals surface area contributed by atoms with Crippen LogP contribution in [0.25, 0.3) is 0 Å². The monoisotopic (exact) mass is 241 g/mol. The Labute approximate surface area is 106 Å². The van der Waals surface area contributed by atoms with Crippen LogP contribution in [0.2, 0.25) is 0 Å². The Kier molecular flexibility index (Phi) is 3.72. The summed E-state index contributed by atoms with van der Waals surface area (Å²) < 4.78 is 5.08. The van der Waals surface area contributed by atoms with Crippen LogP contribution < -0.4 is 4.74 Å². The number of rotatable bonds is 4. The second kappa shape index (κ2) is 5.45. The van der Waals surface area contributed by atoms with Crippen molar-refractivity contribution >= 4 is 5.78 Å². The summed E-state index contributed by atoms with van der Waals surface area (Å²) in [5.74, 6) is 0.772. The largest absolute Gasteiger partial charge is 0.497 e. The molecule has 18 heavy (non-hydrogen) atoms. The van der Waals surface area contributed by atoms with E-state index in [0.717, 1.165) is 23.3 Å². The van der Waals surface area contributed by atoms with Crippen molar-refractivity contribution in [3.8, 4) is 5.75 Å². The number of aryl methyl sites for hydroxylation is 1. The molecule has 1 aromatic heterocycles. The van der Waals surface area contributed by atoms with Gasteiger partial charge in [0.1, 0.15) is 5.75 Å². The molecule has 0 atom stereocenters. The van der Waals surface area contributed by atoms with Gasteiger partial charge in [0.15, 0.2) is 5.78 Å². The lowest BCUT2D eigenvalue weighted by atomic mass is 9.99. The highest BCUT2D eigenvalue weighted by molar-refractivity contribution is 6.09. The van der Waals surface area contributed by atoms with Gasteiger partial charge in [0.25, 0.3) is 0 Å². The minimum Gasteiger partial charge on any atom is -0.497 e. The fraction of sp³-hybridized carbons (Fsp3) is 0.200. The Bertz CT molecular complexity index is 547. The fourth-order valence-electron chi connectivity index (χ4n) is 1.83. The number of pyridine rings is 1.